The molecule has 6 heteroatoms. The van der Waals surface area contributed by atoms with Gasteiger partial charge in [-0.2, -0.15) is 0 Å². The van der Waals surface area contributed by atoms with Gasteiger partial charge in [-0.25, -0.2) is 0 Å². The van der Waals surface area contributed by atoms with Gasteiger partial charge in [-0.15, -0.1) is 0 Å². The lowest BCUT2D eigenvalue weighted by atomic mass is 10.3. The van der Waals surface area contributed by atoms with E-state index in [1.54, 1.807) is 12.1 Å². The van der Waals surface area contributed by atoms with Crippen molar-refractivity contribution in [3.05, 3.63) is 55.4 Å². The number of hydrogen-bond acceptors (Lipinski definition) is 1. The number of rotatable bonds is 2. The monoisotopic (exact) mass is 340 g/mol. The first kappa shape index (κ1) is 14.1. The molecule has 18 heavy (non-hydrogen) atoms. The lowest BCUT2D eigenvalue weighted by molar-refractivity contribution is 0.483. The second-order valence-corrected chi connectivity index (χ2v) is 5.20. The Labute approximate surface area is 129 Å². The quantitative estimate of drug-likeness (QED) is 0.433. The molecule has 0 saturated heterocycles. The average Bonchev–Trinajstić information content (AvgIpc) is 2.40. The van der Waals surface area contributed by atoms with Crippen molar-refractivity contribution in [3.63, 3.8) is 0 Å². The van der Waals surface area contributed by atoms with Crippen molar-refractivity contribution in [3.8, 4) is 11.5 Å². The van der Waals surface area contributed by atoms with Crippen molar-refractivity contribution in [2.45, 2.75) is 0 Å². The Morgan fingerprint density at radius 1 is 0.611 bits per heavy atom. The summed E-state index contributed by atoms with van der Waals surface area (Å²) in [5.74, 6) is 0.750. The van der Waals surface area contributed by atoms with E-state index in [1.165, 1.54) is 0 Å². The highest BCUT2D eigenvalue weighted by molar-refractivity contribution is 6.55. The van der Waals surface area contributed by atoms with Crippen molar-refractivity contribution < 1.29 is 4.74 Å². The minimum Gasteiger partial charge on any atom is -0.454 e. The van der Waals surface area contributed by atoms with Gasteiger partial charge < -0.3 is 4.74 Å². The van der Waals surface area contributed by atoms with E-state index in [1.807, 2.05) is 18.2 Å². The molecule has 2 aromatic rings. The third-order valence-corrected chi connectivity index (χ3v) is 4.37. The fourth-order valence-electron chi connectivity index (χ4n) is 1.28. The molecule has 0 N–H and O–H groups in total. The van der Waals surface area contributed by atoms with E-state index in [-0.39, 0.29) is 30.9 Å². The van der Waals surface area contributed by atoms with Gasteiger partial charge in [0.2, 0.25) is 0 Å². The van der Waals surface area contributed by atoms with E-state index in [2.05, 4.69) is 0 Å². The first-order chi connectivity index (χ1) is 8.52. The van der Waals surface area contributed by atoms with Crippen LogP contribution in [0, 0.1) is 0 Å². The summed E-state index contributed by atoms with van der Waals surface area (Å²) in [5.41, 5.74) is 0. The molecule has 0 atom stereocenters. The van der Waals surface area contributed by atoms with Crippen LogP contribution in [0.15, 0.2) is 30.3 Å². The van der Waals surface area contributed by atoms with Crippen LogP contribution in [0.3, 0.4) is 0 Å². The highest BCUT2D eigenvalue weighted by atomic mass is 35.5. The predicted octanol–water partition coefficient (Wildman–Crippen LogP) is 6.75. The maximum atomic E-state index is 6.04. The lowest BCUT2D eigenvalue weighted by Gasteiger charge is -2.13. The molecule has 0 spiro atoms. The third-order valence-electron chi connectivity index (χ3n) is 2.13. The van der Waals surface area contributed by atoms with E-state index in [9.17, 15) is 0 Å². The van der Waals surface area contributed by atoms with E-state index < -0.39 is 0 Å². The second kappa shape index (κ2) is 5.77. The van der Waals surface area contributed by atoms with E-state index in [4.69, 9.17) is 62.7 Å². The largest absolute Gasteiger partial charge is 0.454 e. The second-order valence-electron chi connectivity index (χ2n) is 3.31. The zero-order valence-corrected chi connectivity index (χ0v) is 12.5. The van der Waals surface area contributed by atoms with Gasteiger partial charge in [0.25, 0.3) is 0 Å². The molecule has 94 valence electrons. The number of ether oxygens (including phenoxy) is 1. The van der Waals surface area contributed by atoms with Crippen LogP contribution >= 0.6 is 58.0 Å². The Balaban J connectivity index is 2.52. The standard InChI is InChI=1S/C12H5Cl5O/c13-7-8(14)10(16)12(11(17)9(7)15)18-6-4-2-1-3-5-6/h1-5H. The summed E-state index contributed by atoms with van der Waals surface area (Å²) in [6.45, 7) is 0. The third kappa shape index (κ3) is 2.66. The Morgan fingerprint density at radius 3 is 1.56 bits per heavy atom. The zero-order valence-electron chi connectivity index (χ0n) is 8.68. The minimum absolute atomic E-state index is 0.105. The van der Waals surface area contributed by atoms with Gasteiger partial charge in [0.1, 0.15) is 15.8 Å². The first-order valence-electron chi connectivity index (χ1n) is 4.76. The first-order valence-corrected chi connectivity index (χ1v) is 6.65. The van der Waals surface area contributed by atoms with Crippen LogP contribution in [0.4, 0.5) is 0 Å². The topological polar surface area (TPSA) is 9.23 Å². The van der Waals surface area contributed by atoms with Gasteiger partial charge in [-0.1, -0.05) is 76.2 Å². The molecular formula is C12H5Cl5O. The molecule has 0 aliphatic rings. The van der Waals surface area contributed by atoms with Crippen LogP contribution in [0.25, 0.3) is 0 Å². The fourth-order valence-corrected chi connectivity index (χ4v) is 2.48. The van der Waals surface area contributed by atoms with Crippen LogP contribution in [-0.4, -0.2) is 0 Å². The van der Waals surface area contributed by atoms with Crippen molar-refractivity contribution in [1.29, 1.82) is 0 Å². The normalized spacial score (nSPS) is 10.5. The molecule has 0 bridgehead atoms. The fraction of sp³-hybridized carbons (Fsp3) is 0. The number of hydrogen-bond donors (Lipinski definition) is 0. The minimum atomic E-state index is 0.105. The zero-order chi connectivity index (χ0) is 13.3. The summed E-state index contributed by atoms with van der Waals surface area (Å²) < 4.78 is 5.57. The van der Waals surface area contributed by atoms with Gasteiger partial charge in [-0.3, -0.25) is 0 Å². The SMILES string of the molecule is Clc1c(Cl)c(Cl)c(Oc2ccccc2)c(Cl)c1Cl. The van der Waals surface area contributed by atoms with E-state index in [0.717, 1.165) is 0 Å². The summed E-state index contributed by atoms with van der Waals surface area (Å²) in [6, 6.07) is 9.00. The number of para-hydroxylation sites is 1. The average molecular weight is 342 g/mol. The molecule has 0 radical (unpaired) electrons. The molecule has 0 fully saturated rings. The molecule has 0 aromatic heterocycles. The van der Waals surface area contributed by atoms with Crippen LogP contribution in [-0.2, 0) is 0 Å². The van der Waals surface area contributed by atoms with E-state index >= 15 is 0 Å². The molecule has 0 unspecified atom stereocenters. The van der Waals surface area contributed by atoms with Crippen molar-refractivity contribution in [2.75, 3.05) is 0 Å². The summed E-state index contributed by atoms with van der Waals surface area (Å²) in [6.07, 6.45) is 0. The summed E-state index contributed by atoms with van der Waals surface area (Å²) >= 11 is 29.8. The van der Waals surface area contributed by atoms with Crippen molar-refractivity contribution in [2.24, 2.45) is 0 Å². The van der Waals surface area contributed by atoms with Gasteiger partial charge in [0, 0.05) is 0 Å². The maximum Gasteiger partial charge on any atom is 0.167 e. The van der Waals surface area contributed by atoms with Crippen LogP contribution in [0.5, 0.6) is 11.5 Å². The van der Waals surface area contributed by atoms with Gasteiger partial charge >= 0.3 is 0 Å². The Kier molecular flexibility index (Phi) is 4.52. The molecule has 2 aromatic carbocycles. The molecule has 2 rings (SSSR count). The lowest BCUT2D eigenvalue weighted by Crippen LogP contribution is -1.89. The molecule has 0 saturated carbocycles. The summed E-state index contributed by atoms with van der Waals surface area (Å²) in [5, 5.41) is 0.575. The predicted molar refractivity (Wildman–Crippen MR) is 78.0 cm³/mol. The highest BCUT2D eigenvalue weighted by Gasteiger charge is 2.20. The number of benzene rings is 2. The van der Waals surface area contributed by atoms with Gasteiger partial charge in [0.05, 0.1) is 15.1 Å². The molecule has 0 amide bonds. The molecular weight excluding hydrogens is 337 g/mol. The summed E-state index contributed by atoms with van der Waals surface area (Å²) in [4.78, 5) is 0. The van der Waals surface area contributed by atoms with Crippen molar-refractivity contribution >= 4 is 58.0 Å². The van der Waals surface area contributed by atoms with Crippen LogP contribution < -0.4 is 4.74 Å². The Bertz CT molecular complexity index is 554. The number of halogens is 5. The van der Waals surface area contributed by atoms with Crippen LogP contribution in [0.2, 0.25) is 25.1 Å². The molecule has 0 heterocycles. The van der Waals surface area contributed by atoms with Crippen LogP contribution in [0.1, 0.15) is 0 Å². The van der Waals surface area contributed by atoms with Gasteiger partial charge in [0.15, 0.2) is 5.75 Å². The smallest absolute Gasteiger partial charge is 0.167 e. The Hall–Kier alpha value is -0.310. The molecule has 0 aliphatic carbocycles. The summed E-state index contributed by atoms with van der Waals surface area (Å²) in [7, 11) is 0. The molecule has 1 nitrogen and oxygen atoms in total. The van der Waals surface area contributed by atoms with E-state index in [0.29, 0.717) is 5.75 Å². The Morgan fingerprint density at radius 2 is 1.06 bits per heavy atom. The highest BCUT2D eigenvalue weighted by Crippen LogP contribution is 2.49. The van der Waals surface area contributed by atoms with Crippen molar-refractivity contribution in [1.82, 2.24) is 0 Å². The maximum absolute atomic E-state index is 6.04. The molecule has 0 aliphatic heterocycles. The van der Waals surface area contributed by atoms with Gasteiger partial charge in [-0.05, 0) is 12.1 Å².